The minimum absolute atomic E-state index is 0.153. The highest BCUT2D eigenvalue weighted by atomic mass is 32.2. The van der Waals surface area contributed by atoms with E-state index in [4.69, 9.17) is 10.3 Å². The molecule has 0 amide bonds. The fourth-order valence-electron chi connectivity index (χ4n) is 2.81. The van der Waals surface area contributed by atoms with Crippen LogP contribution in [0.2, 0.25) is 0 Å². The SMILES string of the molecule is CC(C)S(=O)(=O)c1ccc(-c2cnc(N)c(-c3nc(-c4ccccc4)no3)n2)cc1. The molecule has 0 atom stereocenters. The van der Waals surface area contributed by atoms with Crippen LogP contribution in [0.5, 0.6) is 0 Å². The minimum Gasteiger partial charge on any atom is -0.382 e. The molecule has 0 spiro atoms. The summed E-state index contributed by atoms with van der Waals surface area (Å²) in [6.45, 7) is 3.30. The van der Waals surface area contributed by atoms with Gasteiger partial charge < -0.3 is 10.3 Å². The standard InChI is InChI=1S/C21H19N5O3S/c1-13(2)30(27,28)16-10-8-14(9-11-16)17-12-23-19(22)18(24-17)21-25-20(26-29-21)15-6-4-3-5-7-15/h3-13H,1-2H3,(H2,22,23). The summed E-state index contributed by atoms with van der Waals surface area (Å²) in [4.78, 5) is 13.3. The number of sulfone groups is 1. The van der Waals surface area contributed by atoms with E-state index in [1.807, 2.05) is 30.3 Å². The third-order valence-electron chi connectivity index (χ3n) is 4.56. The van der Waals surface area contributed by atoms with Crippen molar-refractivity contribution in [3.63, 3.8) is 0 Å². The fourth-order valence-corrected chi connectivity index (χ4v) is 3.87. The van der Waals surface area contributed by atoms with Crippen molar-refractivity contribution in [3.8, 4) is 34.2 Å². The Morgan fingerprint density at radius 1 is 0.933 bits per heavy atom. The predicted octanol–water partition coefficient (Wildman–Crippen LogP) is 3.62. The van der Waals surface area contributed by atoms with Crippen LogP contribution in [-0.2, 0) is 9.84 Å². The number of hydrogen-bond acceptors (Lipinski definition) is 8. The van der Waals surface area contributed by atoms with Crippen LogP contribution in [0.4, 0.5) is 5.82 Å². The van der Waals surface area contributed by atoms with Crippen LogP contribution in [0, 0.1) is 0 Å². The summed E-state index contributed by atoms with van der Waals surface area (Å²) in [6.07, 6.45) is 1.51. The maximum atomic E-state index is 12.3. The monoisotopic (exact) mass is 421 g/mol. The number of anilines is 1. The van der Waals surface area contributed by atoms with E-state index in [1.165, 1.54) is 6.20 Å². The van der Waals surface area contributed by atoms with E-state index < -0.39 is 15.1 Å². The quantitative estimate of drug-likeness (QED) is 0.518. The first-order valence-electron chi connectivity index (χ1n) is 9.22. The van der Waals surface area contributed by atoms with Crippen molar-refractivity contribution in [2.75, 3.05) is 5.73 Å². The first-order valence-corrected chi connectivity index (χ1v) is 10.8. The second-order valence-corrected chi connectivity index (χ2v) is 9.40. The molecular formula is C21H19N5O3S. The summed E-state index contributed by atoms with van der Waals surface area (Å²) in [6, 6.07) is 15.9. The summed E-state index contributed by atoms with van der Waals surface area (Å²) in [5.74, 6) is 0.723. The zero-order chi connectivity index (χ0) is 21.3. The number of nitrogen functional groups attached to an aromatic ring is 1. The molecule has 2 N–H and O–H groups in total. The molecule has 0 fully saturated rings. The van der Waals surface area contributed by atoms with Crippen LogP contribution < -0.4 is 5.73 Å². The normalized spacial score (nSPS) is 11.7. The molecule has 0 aliphatic carbocycles. The number of aromatic nitrogens is 4. The molecule has 30 heavy (non-hydrogen) atoms. The second-order valence-electron chi connectivity index (χ2n) is 6.90. The molecule has 2 aromatic heterocycles. The van der Waals surface area contributed by atoms with E-state index in [9.17, 15) is 8.42 Å². The molecule has 0 aliphatic rings. The lowest BCUT2D eigenvalue weighted by atomic mass is 10.1. The molecule has 0 saturated carbocycles. The van der Waals surface area contributed by atoms with Gasteiger partial charge in [-0.25, -0.2) is 18.4 Å². The third kappa shape index (κ3) is 3.67. The second kappa shape index (κ2) is 7.68. The Bertz CT molecular complexity index is 1280. The largest absolute Gasteiger partial charge is 0.382 e. The lowest BCUT2D eigenvalue weighted by molar-refractivity contribution is 0.431. The Kier molecular flexibility index (Phi) is 5.04. The van der Waals surface area contributed by atoms with E-state index in [0.29, 0.717) is 17.1 Å². The van der Waals surface area contributed by atoms with Crippen LogP contribution in [0.3, 0.4) is 0 Å². The maximum absolute atomic E-state index is 12.3. The third-order valence-corrected chi connectivity index (χ3v) is 6.73. The van der Waals surface area contributed by atoms with E-state index in [0.717, 1.165) is 5.56 Å². The number of benzene rings is 2. The first-order chi connectivity index (χ1) is 14.4. The predicted molar refractivity (Wildman–Crippen MR) is 113 cm³/mol. The average Bonchev–Trinajstić information content (AvgIpc) is 3.25. The average molecular weight is 421 g/mol. The van der Waals surface area contributed by atoms with Gasteiger partial charge >= 0.3 is 0 Å². The lowest BCUT2D eigenvalue weighted by Crippen LogP contribution is -2.13. The Morgan fingerprint density at radius 3 is 2.30 bits per heavy atom. The first kappa shape index (κ1) is 19.7. The molecular weight excluding hydrogens is 402 g/mol. The van der Waals surface area contributed by atoms with Crippen LogP contribution in [0.25, 0.3) is 34.2 Å². The number of hydrogen-bond donors (Lipinski definition) is 1. The number of rotatable bonds is 5. The van der Waals surface area contributed by atoms with Crippen molar-refractivity contribution in [2.45, 2.75) is 24.0 Å². The van der Waals surface area contributed by atoms with Gasteiger partial charge in [-0.15, -0.1) is 0 Å². The van der Waals surface area contributed by atoms with Crippen LogP contribution >= 0.6 is 0 Å². The molecule has 4 aromatic rings. The van der Waals surface area contributed by atoms with Crippen molar-refractivity contribution < 1.29 is 12.9 Å². The van der Waals surface area contributed by atoms with E-state index in [1.54, 1.807) is 38.1 Å². The van der Waals surface area contributed by atoms with Crippen LogP contribution in [0.15, 0.2) is 70.2 Å². The topological polar surface area (TPSA) is 125 Å². The molecule has 9 heteroatoms. The highest BCUT2D eigenvalue weighted by Crippen LogP contribution is 2.27. The molecule has 0 radical (unpaired) electrons. The Balaban J connectivity index is 1.69. The molecule has 2 heterocycles. The van der Waals surface area contributed by atoms with Crippen molar-refractivity contribution in [2.24, 2.45) is 0 Å². The summed E-state index contributed by atoms with van der Waals surface area (Å²) < 4.78 is 30.0. The fraction of sp³-hybridized carbons (Fsp3) is 0.143. The van der Waals surface area contributed by atoms with Crippen LogP contribution in [-0.4, -0.2) is 33.8 Å². The Labute approximate surface area is 173 Å². The van der Waals surface area contributed by atoms with Crippen molar-refractivity contribution in [1.29, 1.82) is 0 Å². The molecule has 152 valence electrons. The van der Waals surface area contributed by atoms with Gasteiger partial charge in [0.2, 0.25) is 5.82 Å². The number of nitrogens with zero attached hydrogens (tertiary/aromatic N) is 4. The summed E-state index contributed by atoms with van der Waals surface area (Å²) in [7, 11) is -3.35. The van der Waals surface area contributed by atoms with Gasteiger partial charge in [-0.1, -0.05) is 47.6 Å². The summed E-state index contributed by atoms with van der Waals surface area (Å²) in [5, 5.41) is 3.49. The Morgan fingerprint density at radius 2 is 1.63 bits per heavy atom. The lowest BCUT2D eigenvalue weighted by Gasteiger charge is -2.09. The Hall–Kier alpha value is -3.59. The highest BCUT2D eigenvalue weighted by molar-refractivity contribution is 7.92. The minimum atomic E-state index is -3.35. The molecule has 0 aliphatic heterocycles. The summed E-state index contributed by atoms with van der Waals surface area (Å²) >= 11 is 0. The molecule has 4 rings (SSSR count). The van der Waals surface area contributed by atoms with Crippen LogP contribution in [0.1, 0.15) is 13.8 Å². The maximum Gasteiger partial charge on any atom is 0.280 e. The van der Waals surface area contributed by atoms with E-state index in [2.05, 4.69) is 20.1 Å². The zero-order valence-electron chi connectivity index (χ0n) is 16.4. The van der Waals surface area contributed by atoms with Gasteiger partial charge in [-0.2, -0.15) is 4.98 Å². The molecule has 8 nitrogen and oxygen atoms in total. The highest BCUT2D eigenvalue weighted by Gasteiger charge is 2.20. The zero-order valence-corrected chi connectivity index (χ0v) is 17.2. The van der Waals surface area contributed by atoms with Gasteiger partial charge in [0.15, 0.2) is 21.3 Å². The van der Waals surface area contributed by atoms with Gasteiger partial charge in [0, 0.05) is 11.1 Å². The van der Waals surface area contributed by atoms with Crippen molar-refractivity contribution in [1.82, 2.24) is 20.1 Å². The smallest absolute Gasteiger partial charge is 0.280 e. The van der Waals surface area contributed by atoms with E-state index >= 15 is 0 Å². The van der Waals surface area contributed by atoms with Gasteiger partial charge in [0.05, 0.1) is 22.0 Å². The van der Waals surface area contributed by atoms with Gasteiger partial charge in [-0.05, 0) is 26.0 Å². The molecule has 2 aromatic carbocycles. The van der Waals surface area contributed by atoms with Crippen molar-refractivity contribution in [3.05, 3.63) is 60.8 Å². The van der Waals surface area contributed by atoms with Crippen molar-refractivity contribution >= 4 is 15.7 Å². The molecule has 0 bridgehead atoms. The summed E-state index contributed by atoms with van der Waals surface area (Å²) in [5.41, 5.74) is 8.24. The number of nitrogens with two attached hydrogens (primary N) is 1. The van der Waals surface area contributed by atoms with E-state index in [-0.39, 0.29) is 22.3 Å². The van der Waals surface area contributed by atoms with Gasteiger partial charge in [-0.3, -0.25) is 0 Å². The van der Waals surface area contributed by atoms with Gasteiger partial charge in [0.1, 0.15) is 0 Å². The molecule has 0 unspecified atom stereocenters. The van der Waals surface area contributed by atoms with Gasteiger partial charge in [0.25, 0.3) is 5.89 Å². The molecule has 0 saturated heterocycles.